The summed E-state index contributed by atoms with van der Waals surface area (Å²) >= 11 is 0. The van der Waals surface area contributed by atoms with Crippen molar-refractivity contribution in [2.75, 3.05) is 0 Å². The second kappa shape index (κ2) is 2.75. The van der Waals surface area contributed by atoms with E-state index in [2.05, 4.69) is 6.58 Å². The van der Waals surface area contributed by atoms with Crippen LogP contribution < -0.4 is 0 Å². The van der Waals surface area contributed by atoms with Gasteiger partial charge in [-0.3, -0.25) is 0 Å². The first-order valence-corrected chi connectivity index (χ1v) is 3.99. The van der Waals surface area contributed by atoms with Crippen LogP contribution in [-0.4, -0.2) is 10.7 Å². The highest BCUT2D eigenvalue weighted by molar-refractivity contribution is 4.99. The lowest BCUT2D eigenvalue weighted by atomic mass is 9.94. The van der Waals surface area contributed by atoms with E-state index in [1.54, 1.807) is 0 Å². The van der Waals surface area contributed by atoms with Crippen LogP contribution in [0.4, 0.5) is 0 Å². The summed E-state index contributed by atoms with van der Waals surface area (Å²) in [7, 11) is 0. The Labute approximate surface area is 62.8 Å². The molecule has 0 aliphatic heterocycles. The Morgan fingerprint density at radius 1 is 1.50 bits per heavy atom. The van der Waals surface area contributed by atoms with E-state index >= 15 is 0 Å². The Bertz CT molecular complexity index is 132. The van der Waals surface area contributed by atoms with E-state index in [4.69, 9.17) is 0 Å². The topological polar surface area (TPSA) is 20.2 Å². The minimum absolute atomic E-state index is 0.383. The zero-order valence-corrected chi connectivity index (χ0v) is 6.69. The Hall–Kier alpha value is -0.300. The SMILES string of the molecule is C=C(C)CC1(O)CCCC1. The average molecular weight is 140 g/mol. The van der Waals surface area contributed by atoms with Gasteiger partial charge >= 0.3 is 0 Å². The maximum absolute atomic E-state index is 9.80. The van der Waals surface area contributed by atoms with Gasteiger partial charge in [-0.2, -0.15) is 0 Å². The molecule has 0 amide bonds. The predicted molar refractivity (Wildman–Crippen MR) is 42.8 cm³/mol. The molecule has 1 rings (SSSR count). The molecule has 1 aliphatic carbocycles. The molecule has 1 heteroatoms. The van der Waals surface area contributed by atoms with E-state index in [0.717, 1.165) is 24.8 Å². The summed E-state index contributed by atoms with van der Waals surface area (Å²) in [4.78, 5) is 0. The third kappa shape index (κ3) is 1.84. The Kier molecular flexibility index (Phi) is 2.14. The molecule has 0 aromatic rings. The van der Waals surface area contributed by atoms with Crippen LogP contribution in [-0.2, 0) is 0 Å². The van der Waals surface area contributed by atoms with Crippen LogP contribution in [0.2, 0.25) is 0 Å². The quantitative estimate of drug-likeness (QED) is 0.583. The molecule has 10 heavy (non-hydrogen) atoms. The summed E-state index contributed by atoms with van der Waals surface area (Å²) in [5.74, 6) is 0. The van der Waals surface area contributed by atoms with Crippen LogP contribution in [0.15, 0.2) is 12.2 Å². The fourth-order valence-electron chi connectivity index (χ4n) is 1.77. The van der Waals surface area contributed by atoms with Crippen molar-refractivity contribution < 1.29 is 5.11 Å². The van der Waals surface area contributed by atoms with E-state index in [9.17, 15) is 5.11 Å². The molecule has 0 heterocycles. The molecule has 58 valence electrons. The zero-order valence-electron chi connectivity index (χ0n) is 6.69. The maximum Gasteiger partial charge on any atom is 0.0684 e. The lowest BCUT2D eigenvalue weighted by Gasteiger charge is -2.21. The molecule has 0 atom stereocenters. The monoisotopic (exact) mass is 140 g/mol. The van der Waals surface area contributed by atoms with Crippen molar-refractivity contribution in [2.24, 2.45) is 0 Å². The smallest absolute Gasteiger partial charge is 0.0684 e. The summed E-state index contributed by atoms with van der Waals surface area (Å²) < 4.78 is 0. The van der Waals surface area contributed by atoms with Gasteiger partial charge in [-0.05, 0) is 26.2 Å². The van der Waals surface area contributed by atoms with Gasteiger partial charge in [0.1, 0.15) is 0 Å². The van der Waals surface area contributed by atoms with Crippen LogP contribution in [0.1, 0.15) is 39.0 Å². The normalized spacial score (nSPS) is 23.0. The number of aliphatic hydroxyl groups is 1. The van der Waals surface area contributed by atoms with Gasteiger partial charge in [0.25, 0.3) is 0 Å². The van der Waals surface area contributed by atoms with Gasteiger partial charge in [0.05, 0.1) is 5.60 Å². The molecule has 1 fully saturated rings. The first-order chi connectivity index (χ1) is 4.62. The van der Waals surface area contributed by atoms with E-state index in [1.165, 1.54) is 12.8 Å². The number of hydrogen-bond donors (Lipinski definition) is 1. The fraction of sp³-hybridized carbons (Fsp3) is 0.778. The highest BCUT2D eigenvalue weighted by Gasteiger charge is 2.30. The van der Waals surface area contributed by atoms with E-state index < -0.39 is 0 Å². The minimum atomic E-state index is -0.383. The Balaban J connectivity index is 2.43. The summed E-state index contributed by atoms with van der Waals surface area (Å²) in [6.07, 6.45) is 5.11. The van der Waals surface area contributed by atoms with Gasteiger partial charge in [0.15, 0.2) is 0 Å². The maximum atomic E-state index is 9.80. The van der Waals surface area contributed by atoms with Crippen molar-refractivity contribution in [2.45, 2.75) is 44.6 Å². The van der Waals surface area contributed by atoms with Crippen LogP contribution in [0.5, 0.6) is 0 Å². The molecule has 1 aliphatic rings. The number of rotatable bonds is 2. The van der Waals surface area contributed by atoms with Crippen molar-refractivity contribution >= 4 is 0 Å². The molecule has 1 nitrogen and oxygen atoms in total. The number of hydrogen-bond acceptors (Lipinski definition) is 1. The van der Waals surface area contributed by atoms with Gasteiger partial charge in [-0.1, -0.05) is 18.4 Å². The highest BCUT2D eigenvalue weighted by Crippen LogP contribution is 2.33. The predicted octanol–water partition coefficient (Wildman–Crippen LogP) is 2.26. The van der Waals surface area contributed by atoms with E-state index in [1.807, 2.05) is 6.92 Å². The standard InChI is InChI=1S/C9H16O/c1-8(2)7-9(10)5-3-4-6-9/h10H,1,3-7H2,2H3. The molecule has 0 radical (unpaired) electrons. The zero-order chi connectivity index (χ0) is 7.61. The Morgan fingerprint density at radius 3 is 2.40 bits per heavy atom. The molecule has 1 N–H and O–H groups in total. The third-order valence-corrected chi connectivity index (χ3v) is 2.17. The van der Waals surface area contributed by atoms with Gasteiger partial charge in [-0.15, -0.1) is 6.58 Å². The van der Waals surface area contributed by atoms with Crippen molar-refractivity contribution in [3.63, 3.8) is 0 Å². The van der Waals surface area contributed by atoms with Crippen molar-refractivity contribution in [1.29, 1.82) is 0 Å². The molecular weight excluding hydrogens is 124 g/mol. The lowest BCUT2D eigenvalue weighted by Crippen LogP contribution is -2.23. The van der Waals surface area contributed by atoms with E-state index in [0.29, 0.717) is 0 Å². The van der Waals surface area contributed by atoms with Gasteiger partial charge < -0.3 is 5.11 Å². The van der Waals surface area contributed by atoms with Crippen LogP contribution in [0, 0.1) is 0 Å². The summed E-state index contributed by atoms with van der Waals surface area (Å²) in [5, 5.41) is 9.80. The largest absolute Gasteiger partial charge is 0.390 e. The van der Waals surface area contributed by atoms with Gasteiger partial charge in [-0.25, -0.2) is 0 Å². The van der Waals surface area contributed by atoms with E-state index in [-0.39, 0.29) is 5.60 Å². The molecule has 0 bridgehead atoms. The molecule has 0 unspecified atom stereocenters. The average Bonchev–Trinajstić information content (AvgIpc) is 2.12. The molecule has 0 saturated heterocycles. The summed E-state index contributed by atoms with van der Waals surface area (Å²) in [6, 6.07) is 0. The second-order valence-corrected chi connectivity index (χ2v) is 3.57. The molecule has 0 spiro atoms. The lowest BCUT2D eigenvalue weighted by molar-refractivity contribution is 0.0483. The van der Waals surface area contributed by atoms with Gasteiger partial charge in [0.2, 0.25) is 0 Å². The highest BCUT2D eigenvalue weighted by atomic mass is 16.3. The molecule has 1 saturated carbocycles. The molecule has 0 aromatic heterocycles. The molecular formula is C9H16O. The Morgan fingerprint density at radius 2 is 2.00 bits per heavy atom. The minimum Gasteiger partial charge on any atom is -0.390 e. The molecule has 0 aromatic carbocycles. The summed E-state index contributed by atoms with van der Waals surface area (Å²) in [5.41, 5.74) is 0.718. The first-order valence-electron chi connectivity index (χ1n) is 3.99. The van der Waals surface area contributed by atoms with Crippen LogP contribution in [0.25, 0.3) is 0 Å². The van der Waals surface area contributed by atoms with Crippen molar-refractivity contribution in [3.8, 4) is 0 Å². The first kappa shape index (κ1) is 7.80. The summed E-state index contributed by atoms with van der Waals surface area (Å²) in [6.45, 7) is 5.79. The van der Waals surface area contributed by atoms with Crippen molar-refractivity contribution in [1.82, 2.24) is 0 Å². The second-order valence-electron chi connectivity index (χ2n) is 3.57. The third-order valence-electron chi connectivity index (χ3n) is 2.17. The fourth-order valence-corrected chi connectivity index (χ4v) is 1.77. The van der Waals surface area contributed by atoms with Gasteiger partial charge in [0, 0.05) is 0 Å². The van der Waals surface area contributed by atoms with Crippen molar-refractivity contribution in [3.05, 3.63) is 12.2 Å². The van der Waals surface area contributed by atoms with Crippen LogP contribution in [0.3, 0.4) is 0 Å². The van der Waals surface area contributed by atoms with Crippen LogP contribution >= 0.6 is 0 Å².